The van der Waals surface area contributed by atoms with E-state index in [0.29, 0.717) is 12.0 Å². The Labute approximate surface area is 96.8 Å². The first-order valence-electron chi connectivity index (χ1n) is 5.48. The van der Waals surface area contributed by atoms with E-state index in [1.54, 1.807) is 0 Å². The van der Waals surface area contributed by atoms with Crippen LogP contribution in [0.3, 0.4) is 0 Å². The van der Waals surface area contributed by atoms with Crippen LogP contribution in [0.1, 0.15) is 32.5 Å². The third-order valence-electron chi connectivity index (χ3n) is 2.57. The topological polar surface area (TPSA) is 29.9 Å². The number of halogens is 1. The van der Waals surface area contributed by atoms with Gasteiger partial charge >= 0.3 is 0 Å². The van der Waals surface area contributed by atoms with Crippen LogP contribution in [0.5, 0.6) is 0 Å². The van der Waals surface area contributed by atoms with Crippen LogP contribution in [0.4, 0.5) is 0 Å². The molecule has 1 aromatic heterocycles. The van der Waals surface area contributed by atoms with Gasteiger partial charge in [0.1, 0.15) is 0 Å². The molecule has 1 heterocycles. The summed E-state index contributed by atoms with van der Waals surface area (Å²) in [5, 5.41) is 8.53. The van der Waals surface area contributed by atoms with Gasteiger partial charge in [-0.1, -0.05) is 32.4 Å². The van der Waals surface area contributed by atoms with Gasteiger partial charge in [-0.2, -0.15) is 5.10 Å². The Balaban J connectivity index is 2.79. The van der Waals surface area contributed by atoms with Gasteiger partial charge in [-0.25, -0.2) is 0 Å². The Kier molecular flexibility index (Phi) is 4.61. The summed E-state index contributed by atoms with van der Waals surface area (Å²) >= 11 is 6.01. The molecular formula is C11H20ClN3. The molecule has 86 valence electrons. The first-order chi connectivity index (χ1) is 7.06. The lowest BCUT2D eigenvalue weighted by molar-refractivity contribution is 0.331. The van der Waals surface area contributed by atoms with Gasteiger partial charge in [-0.05, 0) is 19.4 Å². The van der Waals surface area contributed by atoms with Crippen LogP contribution in [0, 0.1) is 12.8 Å². The van der Waals surface area contributed by atoms with Gasteiger partial charge in [0.25, 0.3) is 0 Å². The lowest BCUT2D eigenvalue weighted by atomic mass is 10.1. The highest BCUT2D eigenvalue weighted by atomic mass is 35.5. The molecule has 15 heavy (non-hydrogen) atoms. The maximum absolute atomic E-state index is 6.01. The van der Waals surface area contributed by atoms with Crippen LogP contribution < -0.4 is 5.32 Å². The zero-order valence-corrected chi connectivity index (χ0v) is 10.7. The Bertz CT molecular complexity index is 287. The van der Waals surface area contributed by atoms with Crippen molar-refractivity contribution in [2.75, 3.05) is 13.1 Å². The monoisotopic (exact) mass is 229 g/mol. The molecule has 0 fully saturated rings. The molecule has 0 aromatic carbocycles. The zero-order chi connectivity index (χ0) is 11.4. The Morgan fingerprint density at radius 2 is 2.20 bits per heavy atom. The molecule has 4 heteroatoms. The molecule has 1 rings (SSSR count). The first kappa shape index (κ1) is 12.5. The number of nitrogens with zero attached hydrogens (tertiary/aromatic N) is 2. The van der Waals surface area contributed by atoms with E-state index in [1.165, 1.54) is 0 Å². The van der Waals surface area contributed by atoms with Crippen LogP contribution in [0.25, 0.3) is 0 Å². The van der Waals surface area contributed by atoms with Crippen molar-refractivity contribution in [3.63, 3.8) is 0 Å². The molecule has 1 N–H and O–H groups in total. The van der Waals surface area contributed by atoms with Gasteiger partial charge in [0.2, 0.25) is 0 Å². The van der Waals surface area contributed by atoms with E-state index in [2.05, 4.69) is 31.2 Å². The summed E-state index contributed by atoms with van der Waals surface area (Å²) in [6.07, 6.45) is 1.92. The van der Waals surface area contributed by atoms with E-state index in [9.17, 15) is 0 Å². The number of nitrogens with one attached hydrogen (secondary N) is 1. The molecular weight excluding hydrogens is 210 g/mol. The molecule has 0 aliphatic heterocycles. The van der Waals surface area contributed by atoms with E-state index >= 15 is 0 Å². The van der Waals surface area contributed by atoms with E-state index in [1.807, 2.05) is 17.8 Å². The molecule has 0 amide bonds. The average Bonchev–Trinajstić information content (AvgIpc) is 2.47. The number of likely N-dealkylation sites (N-methyl/N-ethyl adjacent to an activating group) is 1. The predicted octanol–water partition coefficient (Wildman–Crippen LogP) is 2.65. The van der Waals surface area contributed by atoms with Crippen molar-refractivity contribution >= 4 is 11.6 Å². The van der Waals surface area contributed by atoms with Gasteiger partial charge in [0, 0.05) is 12.7 Å². The second kappa shape index (κ2) is 5.52. The first-order valence-corrected chi connectivity index (χ1v) is 5.86. The molecule has 0 spiro atoms. The van der Waals surface area contributed by atoms with E-state index < -0.39 is 0 Å². The second-order valence-corrected chi connectivity index (χ2v) is 4.57. The third-order valence-corrected chi connectivity index (χ3v) is 2.94. The largest absolute Gasteiger partial charge is 0.315 e. The van der Waals surface area contributed by atoms with Crippen molar-refractivity contribution in [3.8, 4) is 0 Å². The molecule has 1 atom stereocenters. The minimum atomic E-state index is 0.371. The maximum Gasteiger partial charge on any atom is 0.0815 e. The summed E-state index contributed by atoms with van der Waals surface area (Å²) in [6.45, 7) is 10.4. The zero-order valence-electron chi connectivity index (χ0n) is 9.92. The molecule has 0 radical (unpaired) electrons. The van der Waals surface area contributed by atoms with Gasteiger partial charge in [0.05, 0.1) is 16.8 Å². The fourth-order valence-electron chi connectivity index (χ4n) is 1.56. The van der Waals surface area contributed by atoms with E-state index in [0.717, 1.165) is 23.8 Å². The van der Waals surface area contributed by atoms with Crippen molar-refractivity contribution in [2.24, 2.45) is 5.92 Å². The van der Waals surface area contributed by atoms with Gasteiger partial charge in [-0.15, -0.1) is 0 Å². The van der Waals surface area contributed by atoms with Crippen molar-refractivity contribution in [1.82, 2.24) is 15.1 Å². The molecule has 0 saturated carbocycles. The third kappa shape index (κ3) is 3.21. The van der Waals surface area contributed by atoms with Crippen LogP contribution in [0.15, 0.2) is 6.20 Å². The van der Waals surface area contributed by atoms with Crippen molar-refractivity contribution in [2.45, 2.75) is 33.7 Å². The maximum atomic E-state index is 6.01. The summed E-state index contributed by atoms with van der Waals surface area (Å²) in [5.41, 5.74) is 0.902. The van der Waals surface area contributed by atoms with Crippen molar-refractivity contribution in [3.05, 3.63) is 16.9 Å². The minimum absolute atomic E-state index is 0.371. The fourth-order valence-corrected chi connectivity index (χ4v) is 1.69. The molecule has 3 nitrogen and oxygen atoms in total. The standard InChI is InChI=1S/C11H20ClN3/c1-5-13-6-11(8(2)3)15-7-10(12)9(4)14-15/h7-8,11,13H,5-6H2,1-4H3. The van der Waals surface area contributed by atoms with Gasteiger partial charge in [-0.3, -0.25) is 4.68 Å². The number of rotatable bonds is 5. The Hall–Kier alpha value is -0.540. The number of hydrogen-bond acceptors (Lipinski definition) is 2. The van der Waals surface area contributed by atoms with E-state index in [-0.39, 0.29) is 0 Å². The van der Waals surface area contributed by atoms with E-state index in [4.69, 9.17) is 11.6 Å². The number of aromatic nitrogens is 2. The molecule has 1 aromatic rings. The molecule has 1 unspecified atom stereocenters. The average molecular weight is 230 g/mol. The molecule has 0 saturated heterocycles. The molecule has 0 bridgehead atoms. The van der Waals surface area contributed by atoms with Crippen LogP contribution in [-0.2, 0) is 0 Å². The van der Waals surface area contributed by atoms with Crippen molar-refractivity contribution in [1.29, 1.82) is 0 Å². The van der Waals surface area contributed by atoms with Gasteiger partial charge < -0.3 is 5.32 Å². The second-order valence-electron chi connectivity index (χ2n) is 4.16. The number of aryl methyl sites for hydroxylation is 1. The Morgan fingerprint density at radius 1 is 1.53 bits per heavy atom. The summed E-state index contributed by atoms with van der Waals surface area (Å²) < 4.78 is 1.98. The number of hydrogen-bond donors (Lipinski definition) is 1. The van der Waals surface area contributed by atoms with Crippen LogP contribution >= 0.6 is 11.6 Å². The van der Waals surface area contributed by atoms with Crippen LogP contribution in [-0.4, -0.2) is 22.9 Å². The quantitative estimate of drug-likeness (QED) is 0.842. The Morgan fingerprint density at radius 3 is 2.60 bits per heavy atom. The summed E-state index contributed by atoms with van der Waals surface area (Å²) in [7, 11) is 0. The molecule has 0 aliphatic carbocycles. The minimum Gasteiger partial charge on any atom is -0.315 e. The summed E-state index contributed by atoms with van der Waals surface area (Å²) in [5.74, 6) is 0.541. The summed E-state index contributed by atoms with van der Waals surface area (Å²) in [6, 6.07) is 0.371. The fraction of sp³-hybridized carbons (Fsp3) is 0.727. The highest BCUT2D eigenvalue weighted by Gasteiger charge is 2.16. The lowest BCUT2D eigenvalue weighted by Gasteiger charge is -2.21. The normalized spacial score (nSPS) is 13.5. The van der Waals surface area contributed by atoms with Gasteiger partial charge in [0.15, 0.2) is 0 Å². The SMILES string of the molecule is CCNCC(C(C)C)n1cc(Cl)c(C)n1. The predicted molar refractivity (Wildman–Crippen MR) is 64.4 cm³/mol. The van der Waals surface area contributed by atoms with Crippen LogP contribution in [0.2, 0.25) is 5.02 Å². The molecule has 0 aliphatic rings. The smallest absolute Gasteiger partial charge is 0.0815 e. The van der Waals surface area contributed by atoms with Crippen molar-refractivity contribution < 1.29 is 0 Å². The summed E-state index contributed by atoms with van der Waals surface area (Å²) in [4.78, 5) is 0. The highest BCUT2D eigenvalue weighted by molar-refractivity contribution is 6.31. The highest BCUT2D eigenvalue weighted by Crippen LogP contribution is 2.20. The lowest BCUT2D eigenvalue weighted by Crippen LogP contribution is -2.29.